The molecule has 20 heavy (non-hydrogen) atoms. The molecule has 0 aromatic heterocycles. The highest BCUT2D eigenvalue weighted by atomic mass is 35.5. The number of hydrogen-bond acceptors (Lipinski definition) is 2. The molecule has 2 aromatic carbocycles. The van der Waals surface area contributed by atoms with Crippen molar-refractivity contribution in [2.45, 2.75) is 26.3 Å². The quantitative estimate of drug-likeness (QED) is 0.884. The molecule has 1 atom stereocenters. The maximum atomic E-state index is 6.30. The van der Waals surface area contributed by atoms with Crippen molar-refractivity contribution in [3.05, 3.63) is 58.6 Å². The molecule has 1 unspecified atom stereocenters. The van der Waals surface area contributed by atoms with Gasteiger partial charge in [-0.1, -0.05) is 36.7 Å². The molecule has 3 heteroatoms. The fraction of sp³-hybridized carbons (Fsp3) is 0.294. The lowest BCUT2D eigenvalue weighted by Crippen LogP contribution is -2.11. The van der Waals surface area contributed by atoms with Crippen LogP contribution in [0.25, 0.3) is 0 Å². The van der Waals surface area contributed by atoms with Gasteiger partial charge in [-0.05, 0) is 48.7 Å². The van der Waals surface area contributed by atoms with E-state index in [9.17, 15) is 0 Å². The van der Waals surface area contributed by atoms with Gasteiger partial charge in [-0.2, -0.15) is 0 Å². The Hall–Kier alpha value is -1.51. The minimum absolute atomic E-state index is 0.0503. The molecule has 0 saturated carbocycles. The topological polar surface area (TPSA) is 29.3 Å². The van der Waals surface area contributed by atoms with Crippen LogP contribution in [-0.4, -0.2) is 7.05 Å². The van der Waals surface area contributed by atoms with Crippen molar-refractivity contribution >= 4 is 23.0 Å². The Morgan fingerprint density at radius 1 is 1.10 bits per heavy atom. The van der Waals surface area contributed by atoms with Crippen LogP contribution in [0.1, 0.15) is 31.0 Å². The van der Waals surface area contributed by atoms with E-state index >= 15 is 0 Å². The lowest BCUT2D eigenvalue weighted by Gasteiger charge is -2.21. The molecule has 0 aliphatic carbocycles. The number of benzene rings is 2. The number of hydrogen-bond donors (Lipinski definition) is 1. The zero-order valence-electron chi connectivity index (χ0n) is 12.2. The van der Waals surface area contributed by atoms with E-state index in [1.165, 1.54) is 5.56 Å². The van der Waals surface area contributed by atoms with Crippen LogP contribution in [0.15, 0.2) is 42.5 Å². The Labute approximate surface area is 126 Å². The highest BCUT2D eigenvalue weighted by molar-refractivity contribution is 6.31. The van der Waals surface area contributed by atoms with Gasteiger partial charge in [0.25, 0.3) is 0 Å². The number of nitrogens with zero attached hydrogens (tertiary/aromatic N) is 1. The van der Waals surface area contributed by atoms with E-state index in [4.69, 9.17) is 17.3 Å². The normalized spacial score (nSPS) is 12.2. The van der Waals surface area contributed by atoms with Gasteiger partial charge in [-0.25, -0.2) is 0 Å². The van der Waals surface area contributed by atoms with Gasteiger partial charge in [0, 0.05) is 29.5 Å². The summed E-state index contributed by atoms with van der Waals surface area (Å²) in [4.78, 5) is 2.12. The largest absolute Gasteiger partial charge is 0.345 e. The summed E-state index contributed by atoms with van der Waals surface area (Å²) >= 11 is 6.30. The molecule has 0 amide bonds. The Kier molecular flexibility index (Phi) is 4.69. The van der Waals surface area contributed by atoms with E-state index in [2.05, 4.69) is 42.2 Å². The predicted octanol–water partition coefficient (Wildman–Crippen LogP) is 4.69. The Morgan fingerprint density at radius 2 is 1.70 bits per heavy atom. The summed E-state index contributed by atoms with van der Waals surface area (Å²) in [6.07, 6.45) is 1.05. The minimum atomic E-state index is -0.0503. The molecule has 0 fully saturated rings. The SMILES string of the molecule is CCc1ccc(N(C)c2ccc(C(C)N)c(Cl)c2)cc1. The zero-order chi connectivity index (χ0) is 14.7. The van der Waals surface area contributed by atoms with Crippen molar-refractivity contribution in [3.63, 3.8) is 0 Å². The molecule has 0 radical (unpaired) electrons. The van der Waals surface area contributed by atoms with Crippen LogP contribution in [0.5, 0.6) is 0 Å². The van der Waals surface area contributed by atoms with E-state index in [0.29, 0.717) is 0 Å². The second-order valence-electron chi connectivity index (χ2n) is 5.07. The maximum absolute atomic E-state index is 6.30. The molecular weight excluding hydrogens is 268 g/mol. The summed E-state index contributed by atoms with van der Waals surface area (Å²) in [6, 6.07) is 14.5. The van der Waals surface area contributed by atoms with Gasteiger partial charge in [0.05, 0.1) is 0 Å². The van der Waals surface area contributed by atoms with Crippen molar-refractivity contribution in [1.29, 1.82) is 0 Å². The third-order valence-corrected chi connectivity index (χ3v) is 3.92. The van der Waals surface area contributed by atoms with Gasteiger partial charge < -0.3 is 10.6 Å². The second-order valence-corrected chi connectivity index (χ2v) is 5.48. The summed E-state index contributed by atoms with van der Waals surface area (Å²) in [7, 11) is 2.04. The molecule has 2 aromatic rings. The third-order valence-electron chi connectivity index (χ3n) is 3.59. The third kappa shape index (κ3) is 3.14. The first-order chi connectivity index (χ1) is 9.52. The van der Waals surface area contributed by atoms with Gasteiger partial charge in [-0.15, -0.1) is 0 Å². The molecule has 0 saturated heterocycles. The second kappa shape index (κ2) is 6.29. The summed E-state index contributed by atoms with van der Waals surface area (Å²) < 4.78 is 0. The zero-order valence-corrected chi connectivity index (χ0v) is 13.0. The fourth-order valence-corrected chi connectivity index (χ4v) is 2.55. The first kappa shape index (κ1) is 14.9. The average molecular weight is 289 g/mol. The summed E-state index contributed by atoms with van der Waals surface area (Å²) in [5.74, 6) is 0. The molecule has 2 rings (SSSR count). The lowest BCUT2D eigenvalue weighted by molar-refractivity contribution is 0.818. The molecule has 0 spiro atoms. The van der Waals surface area contributed by atoms with Crippen molar-refractivity contribution in [2.24, 2.45) is 5.73 Å². The molecule has 0 bridgehead atoms. The fourth-order valence-electron chi connectivity index (χ4n) is 2.20. The highest BCUT2D eigenvalue weighted by Gasteiger charge is 2.09. The van der Waals surface area contributed by atoms with Crippen LogP contribution in [-0.2, 0) is 6.42 Å². The maximum Gasteiger partial charge on any atom is 0.0474 e. The first-order valence-corrected chi connectivity index (χ1v) is 7.28. The van der Waals surface area contributed by atoms with Crippen LogP contribution >= 0.6 is 11.6 Å². The van der Waals surface area contributed by atoms with Crippen molar-refractivity contribution in [3.8, 4) is 0 Å². The summed E-state index contributed by atoms with van der Waals surface area (Å²) in [6.45, 7) is 4.10. The first-order valence-electron chi connectivity index (χ1n) is 6.90. The molecule has 0 aliphatic heterocycles. The Bertz CT molecular complexity index is 576. The summed E-state index contributed by atoms with van der Waals surface area (Å²) in [5, 5.41) is 0.717. The minimum Gasteiger partial charge on any atom is -0.345 e. The molecule has 2 N–H and O–H groups in total. The van der Waals surface area contributed by atoms with Crippen molar-refractivity contribution < 1.29 is 0 Å². The Balaban J connectivity index is 2.28. The van der Waals surface area contributed by atoms with E-state index in [-0.39, 0.29) is 6.04 Å². The van der Waals surface area contributed by atoms with Crippen molar-refractivity contribution in [1.82, 2.24) is 0 Å². The van der Waals surface area contributed by atoms with E-state index in [1.807, 2.05) is 26.1 Å². The van der Waals surface area contributed by atoms with E-state index < -0.39 is 0 Å². The molecular formula is C17H21ClN2. The van der Waals surface area contributed by atoms with Crippen LogP contribution in [0, 0.1) is 0 Å². The van der Waals surface area contributed by atoms with Gasteiger partial charge in [0.1, 0.15) is 0 Å². The number of halogens is 1. The van der Waals surface area contributed by atoms with Crippen LogP contribution in [0.4, 0.5) is 11.4 Å². The van der Waals surface area contributed by atoms with Crippen molar-refractivity contribution in [2.75, 3.05) is 11.9 Å². The number of rotatable bonds is 4. The van der Waals surface area contributed by atoms with Crippen LogP contribution in [0.2, 0.25) is 5.02 Å². The standard InChI is InChI=1S/C17H21ClN2/c1-4-13-5-7-14(8-6-13)20(3)15-9-10-16(12(2)19)17(18)11-15/h5-12H,4,19H2,1-3H3. The highest BCUT2D eigenvalue weighted by Crippen LogP contribution is 2.30. The molecule has 0 heterocycles. The van der Waals surface area contributed by atoms with Gasteiger partial charge in [0.15, 0.2) is 0 Å². The number of nitrogens with two attached hydrogens (primary N) is 1. The van der Waals surface area contributed by atoms with Gasteiger partial charge >= 0.3 is 0 Å². The average Bonchev–Trinajstić information content (AvgIpc) is 2.46. The predicted molar refractivity (Wildman–Crippen MR) is 87.9 cm³/mol. The van der Waals surface area contributed by atoms with Gasteiger partial charge in [-0.3, -0.25) is 0 Å². The van der Waals surface area contributed by atoms with Gasteiger partial charge in [0.2, 0.25) is 0 Å². The summed E-state index contributed by atoms with van der Waals surface area (Å²) in [5.41, 5.74) is 10.4. The lowest BCUT2D eigenvalue weighted by atomic mass is 10.1. The molecule has 2 nitrogen and oxygen atoms in total. The van der Waals surface area contributed by atoms with E-state index in [0.717, 1.165) is 28.4 Å². The number of anilines is 2. The van der Waals surface area contributed by atoms with Crippen LogP contribution in [0.3, 0.4) is 0 Å². The molecule has 0 aliphatic rings. The smallest absolute Gasteiger partial charge is 0.0474 e. The van der Waals surface area contributed by atoms with Crippen LogP contribution < -0.4 is 10.6 Å². The number of aryl methyl sites for hydroxylation is 1. The Morgan fingerprint density at radius 3 is 2.20 bits per heavy atom. The monoisotopic (exact) mass is 288 g/mol. The molecule has 106 valence electrons. The van der Waals surface area contributed by atoms with E-state index in [1.54, 1.807) is 0 Å².